The van der Waals surface area contributed by atoms with E-state index in [1.54, 1.807) is 6.08 Å². The van der Waals surface area contributed by atoms with Gasteiger partial charge in [-0.2, -0.15) is 4.31 Å². The number of ether oxygens (including phenoxy) is 1. The third kappa shape index (κ3) is 7.90. The summed E-state index contributed by atoms with van der Waals surface area (Å²) in [6.07, 6.45) is -1.88. The van der Waals surface area contributed by atoms with Crippen LogP contribution in [-0.2, 0) is 21.2 Å². The zero-order valence-electron chi connectivity index (χ0n) is 17.8. The summed E-state index contributed by atoms with van der Waals surface area (Å²) < 4.78 is 66.9. The number of hydrogen-bond donors (Lipinski definition) is 1. The molecule has 2 aromatic rings. The lowest BCUT2D eigenvalue weighted by Gasteiger charge is -2.29. The number of carbonyl (C=O) groups excluding carboxylic acids is 1. The van der Waals surface area contributed by atoms with Crippen molar-refractivity contribution in [3.05, 3.63) is 71.1 Å². The van der Waals surface area contributed by atoms with Crippen molar-refractivity contribution >= 4 is 22.0 Å². The van der Waals surface area contributed by atoms with E-state index in [0.29, 0.717) is 25.8 Å². The number of nitrogens with zero attached hydrogens (tertiary/aromatic N) is 1. The molecule has 0 spiro atoms. The highest BCUT2D eigenvalue weighted by Crippen LogP contribution is 2.23. The van der Waals surface area contributed by atoms with Gasteiger partial charge in [0.1, 0.15) is 5.75 Å². The lowest BCUT2D eigenvalue weighted by molar-refractivity contribution is -0.274. The SMILES string of the molecule is O=C(NCCc1ccc(OC(F)(F)F)cc1)C1CCN(S(=O)(=O)C=Cc2ccccc2)CC1. The van der Waals surface area contributed by atoms with Gasteiger partial charge in [0.25, 0.3) is 0 Å². The van der Waals surface area contributed by atoms with E-state index in [0.717, 1.165) is 11.1 Å². The van der Waals surface area contributed by atoms with E-state index in [1.165, 1.54) is 34.0 Å². The molecule has 0 atom stereocenters. The largest absolute Gasteiger partial charge is 0.573 e. The molecule has 178 valence electrons. The summed E-state index contributed by atoms with van der Waals surface area (Å²) >= 11 is 0. The first-order valence-corrected chi connectivity index (χ1v) is 12.0. The topological polar surface area (TPSA) is 75.7 Å². The number of amides is 1. The molecule has 6 nitrogen and oxygen atoms in total. The third-order valence-electron chi connectivity index (χ3n) is 5.29. The highest BCUT2D eigenvalue weighted by Gasteiger charge is 2.31. The predicted molar refractivity (Wildman–Crippen MR) is 119 cm³/mol. The van der Waals surface area contributed by atoms with Crippen LogP contribution in [0.2, 0.25) is 0 Å². The van der Waals surface area contributed by atoms with E-state index >= 15 is 0 Å². The zero-order chi connectivity index (χ0) is 23.9. The number of hydrogen-bond acceptors (Lipinski definition) is 4. The molecule has 0 radical (unpaired) electrons. The van der Waals surface area contributed by atoms with Crippen LogP contribution in [0.1, 0.15) is 24.0 Å². The van der Waals surface area contributed by atoms with Crippen molar-refractivity contribution in [2.75, 3.05) is 19.6 Å². The number of piperidine rings is 1. The van der Waals surface area contributed by atoms with Crippen molar-refractivity contribution in [2.45, 2.75) is 25.6 Å². The normalized spacial score (nSPS) is 16.1. The van der Waals surface area contributed by atoms with Gasteiger partial charge in [-0.3, -0.25) is 4.79 Å². The summed E-state index contributed by atoms with van der Waals surface area (Å²) in [6.45, 7) is 0.858. The van der Waals surface area contributed by atoms with Crippen molar-refractivity contribution in [1.29, 1.82) is 0 Å². The Labute approximate surface area is 191 Å². The maximum atomic E-state index is 12.5. The second kappa shape index (κ2) is 10.8. The number of alkyl halides is 3. The first kappa shape index (κ1) is 24.8. The smallest absolute Gasteiger partial charge is 0.406 e. The summed E-state index contributed by atoms with van der Waals surface area (Å²) in [5, 5.41) is 4.01. The molecule has 1 amide bonds. The van der Waals surface area contributed by atoms with Crippen LogP contribution in [0.4, 0.5) is 13.2 Å². The van der Waals surface area contributed by atoms with Crippen LogP contribution in [0.5, 0.6) is 5.75 Å². The number of nitrogens with one attached hydrogen (secondary N) is 1. The van der Waals surface area contributed by atoms with Gasteiger partial charge in [-0.15, -0.1) is 13.2 Å². The van der Waals surface area contributed by atoms with Crippen LogP contribution in [0.15, 0.2) is 60.0 Å². The third-order valence-corrected chi connectivity index (χ3v) is 6.85. The molecule has 1 N–H and O–H groups in total. The Hall–Kier alpha value is -2.85. The molecule has 0 unspecified atom stereocenters. The first-order valence-electron chi connectivity index (χ1n) is 10.5. The van der Waals surface area contributed by atoms with Crippen molar-refractivity contribution in [3.63, 3.8) is 0 Å². The number of rotatable bonds is 8. The molecule has 2 aromatic carbocycles. The Bertz CT molecular complexity index is 1050. The van der Waals surface area contributed by atoms with Gasteiger partial charge in [0.05, 0.1) is 0 Å². The minimum atomic E-state index is -4.73. The quantitative estimate of drug-likeness (QED) is 0.618. The number of sulfonamides is 1. The minimum Gasteiger partial charge on any atom is -0.406 e. The fourth-order valence-electron chi connectivity index (χ4n) is 3.52. The second-order valence-corrected chi connectivity index (χ2v) is 9.48. The maximum Gasteiger partial charge on any atom is 0.573 e. The van der Waals surface area contributed by atoms with Crippen LogP contribution in [0.25, 0.3) is 6.08 Å². The Balaban J connectivity index is 1.41. The lowest BCUT2D eigenvalue weighted by Crippen LogP contribution is -2.42. The van der Waals surface area contributed by atoms with E-state index in [1.807, 2.05) is 30.3 Å². The molecule has 0 aliphatic carbocycles. The molecular weight excluding hydrogens is 457 g/mol. The Morgan fingerprint density at radius 2 is 1.70 bits per heavy atom. The van der Waals surface area contributed by atoms with Crippen molar-refractivity contribution in [1.82, 2.24) is 9.62 Å². The number of carbonyl (C=O) groups is 1. The van der Waals surface area contributed by atoms with Crippen molar-refractivity contribution < 1.29 is 31.1 Å². The summed E-state index contributed by atoms with van der Waals surface area (Å²) in [7, 11) is -3.56. The van der Waals surface area contributed by atoms with Crippen molar-refractivity contribution in [3.8, 4) is 5.75 Å². The molecule has 0 aromatic heterocycles. The van der Waals surface area contributed by atoms with Crippen LogP contribution >= 0.6 is 0 Å². The molecule has 1 heterocycles. The fraction of sp³-hybridized carbons (Fsp3) is 0.348. The van der Waals surface area contributed by atoms with E-state index in [2.05, 4.69) is 10.1 Å². The summed E-state index contributed by atoms with van der Waals surface area (Å²) in [6, 6.07) is 14.6. The Morgan fingerprint density at radius 3 is 2.30 bits per heavy atom. The molecule has 1 aliphatic rings. The molecule has 0 saturated carbocycles. The summed E-state index contributed by atoms with van der Waals surface area (Å²) in [5.74, 6) is -0.725. The predicted octanol–water partition coefficient (Wildman–Crippen LogP) is 3.96. The van der Waals surface area contributed by atoms with Gasteiger partial charge < -0.3 is 10.1 Å². The van der Waals surface area contributed by atoms with Gasteiger partial charge in [0.15, 0.2) is 0 Å². The molecule has 33 heavy (non-hydrogen) atoms. The highest BCUT2D eigenvalue weighted by molar-refractivity contribution is 7.92. The molecule has 3 rings (SSSR count). The second-order valence-electron chi connectivity index (χ2n) is 7.66. The fourth-order valence-corrected chi connectivity index (χ4v) is 4.74. The standard InChI is InChI=1S/C23H25F3N2O4S/c24-23(25,26)32-21-8-6-19(7-9-21)10-14-27-22(29)20-11-15-28(16-12-20)33(30,31)17-13-18-4-2-1-3-5-18/h1-9,13,17,20H,10-12,14-16H2,(H,27,29). The van der Waals surface area contributed by atoms with E-state index in [9.17, 15) is 26.4 Å². The van der Waals surface area contributed by atoms with E-state index in [-0.39, 0.29) is 30.7 Å². The molecule has 1 fully saturated rings. The summed E-state index contributed by atoms with van der Waals surface area (Å²) in [5.41, 5.74) is 1.55. The number of halogens is 3. The van der Waals surface area contributed by atoms with Crippen LogP contribution in [0.3, 0.4) is 0 Å². The molecule has 0 bridgehead atoms. The molecular formula is C23H25F3N2O4S. The van der Waals surface area contributed by atoms with Gasteiger partial charge in [-0.25, -0.2) is 8.42 Å². The van der Waals surface area contributed by atoms with Crippen LogP contribution in [0, 0.1) is 5.92 Å². The van der Waals surface area contributed by atoms with Crippen LogP contribution < -0.4 is 10.1 Å². The van der Waals surface area contributed by atoms with Gasteiger partial charge >= 0.3 is 6.36 Å². The van der Waals surface area contributed by atoms with Gasteiger partial charge in [0, 0.05) is 31.0 Å². The molecule has 1 aliphatic heterocycles. The van der Waals surface area contributed by atoms with E-state index in [4.69, 9.17) is 0 Å². The van der Waals surface area contributed by atoms with Gasteiger partial charge in [-0.1, -0.05) is 42.5 Å². The molecule has 1 saturated heterocycles. The Kier molecular flexibility index (Phi) is 8.15. The average Bonchev–Trinajstić information content (AvgIpc) is 2.79. The molecule has 10 heteroatoms. The maximum absolute atomic E-state index is 12.5. The highest BCUT2D eigenvalue weighted by atomic mass is 32.2. The number of benzene rings is 2. The average molecular weight is 483 g/mol. The van der Waals surface area contributed by atoms with Crippen LogP contribution in [-0.4, -0.2) is 44.6 Å². The first-order chi connectivity index (χ1) is 15.6. The minimum absolute atomic E-state index is 0.149. The van der Waals surface area contributed by atoms with Gasteiger partial charge in [-0.05, 0) is 48.6 Å². The van der Waals surface area contributed by atoms with Gasteiger partial charge in [0.2, 0.25) is 15.9 Å². The monoisotopic (exact) mass is 482 g/mol. The zero-order valence-corrected chi connectivity index (χ0v) is 18.6. The lowest BCUT2D eigenvalue weighted by atomic mass is 9.97. The Morgan fingerprint density at radius 1 is 1.06 bits per heavy atom. The van der Waals surface area contributed by atoms with E-state index < -0.39 is 16.4 Å². The van der Waals surface area contributed by atoms with Crippen molar-refractivity contribution in [2.24, 2.45) is 5.92 Å². The summed E-state index contributed by atoms with van der Waals surface area (Å²) in [4.78, 5) is 12.4.